The number of carbonyl (C=O) groups is 2. The molecule has 5 rings (SSSR count). The lowest BCUT2D eigenvalue weighted by atomic mass is 9.98. The lowest BCUT2D eigenvalue weighted by molar-refractivity contribution is -0.122. The summed E-state index contributed by atoms with van der Waals surface area (Å²) >= 11 is 6.65. The van der Waals surface area contributed by atoms with Gasteiger partial charge in [0.25, 0.3) is 6.43 Å². The van der Waals surface area contributed by atoms with Gasteiger partial charge in [-0.05, 0) is 44.0 Å². The molecule has 1 unspecified atom stereocenters. The largest absolute Gasteiger partial charge is 0.325 e. The van der Waals surface area contributed by atoms with Crippen molar-refractivity contribution in [2.24, 2.45) is 0 Å². The van der Waals surface area contributed by atoms with Gasteiger partial charge in [0.1, 0.15) is 11.7 Å². The Hall–Kier alpha value is -3.39. The fourth-order valence-corrected chi connectivity index (χ4v) is 4.53. The average molecular weight is 483 g/mol. The molecule has 9 heteroatoms. The fourth-order valence-electron chi connectivity index (χ4n) is 4.23. The molecule has 0 spiro atoms. The third kappa shape index (κ3) is 4.14. The van der Waals surface area contributed by atoms with Crippen molar-refractivity contribution in [2.45, 2.75) is 38.0 Å². The van der Waals surface area contributed by atoms with Gasteiger partial charge in [-0.15, -0.1) is 0 Å². The molecule has 1 atom stereocenters. The van der Waals surface area contributed by atoms with E-state index in [1.807, 2.05) is 12.1 Å². The number of carbonyl (C=O) groups excluding carboxylic acids is 2. The highest BCUT2D eigenvalue weighted by Crippen LogP contribution is 2.47. The maximum atomic E-state index is 13.5. The Morgan fingerprint density at radius 1 is 1.24 bits per heavy atom. The van der Waals surface area contributed by atoms with E-state index in [0.29, 0.717) is 28.2 Å². The van der Waals surface area contributed by atoms with Crippen LogP contribution in [0.5, 0.6) is 0 Å². The second kappa shape index (κ2) is 8.76. The van der Waals surface area contributed by atoms with Crippen LogP contribution in [0.2, 0.25) is 5.15 Å². The molecule has 2 aromatic heterocycles. The third-order valence-corrected chi connectivity index (χ3v) is 6.44. The van der Waals surface area contributed by atoms with Gasteiger partial charge in [0.2, 0.25) is 11.8 Å². The molecule has 0 radical (unpaired) electrons. The summed E-state index contributed by atoms with van der Waals surface area (Å²) in [5.41, 5.74) is 3.40. The number of benzene rings is 1. The van der Waals surface area contributed by atoms with Gasteiger partial charge in [0.05, 0.1) is 17.3 Å². The normalized spacial score (nSPS) is 17.3. The molecule has 1 saturated carbocycles. The number of hydrogen-bond acceptors (Lipinski definition) is 4. The van der Waals surface area contributed by atoms with Crippen LogP contribution in [0.25, 0.3) is 11.1 Å². The lowest BCUT2D eigenvalue weighted by Gasteiger charge is -2.25. The van der Waals surface area contributed by atoms with Crippen molar-refractivity contribution in [3.8, 4) is 11.1 Å². The number of amides is 2. The van der Waals surface area contributed by atoms with Gasteiger partial charge in [-0.2, -0.15) is 0 Å². The first kappa shape index (κ1) is 22.4. The van der Waals surface area contributed by atoms with E-state index in [-0.39, 0.29) is 29.1 Å². The number of rotatable bonds is 5. The highest BCUT2D eigenvalue weighted by molar-refractivity contribution is 6.33. The Kier molecular flexibility index (Phi) is 5.77. The van der Waals surface area contributed by atoms with Crippen molar-refractivity contribution in [1.29, 1.82) is 0 Å². The van der Waals surface area contributed by atoms with Crippen molar-refractivity contribution >= 4 is 34.8 Å². The Morgan fingerprint density at radius 3 is 2.65 bits per heavy atom. The zero-order valence-corrected chi connectivity index (χ0v) is 19.0. The van der Waals surface area contributed by atoms with Gasteiger partial charge in [-0.3, -0.25) is 14.6 Å². The molecule has 3 aromatic rings. The number of alkyl halides is 2. The zero-order chi connectivity index (χ0) is 24.0. The molecule has 3 heterocycles. The van der Waals surface area contributed by atoms with E-state index >= 15 is 0 Å². The van der Waals surface area contributed by atoms with Crippen LogP contribution >= 0.6 is 11.6 Å². The number of halogens is 3. The highest BCUT2D eigenvalue weighted by atomic mass is 35.5. The molecule has 1 fully saturated rings. The van der Waals surface area contributed by atoms with Crippen LogP contribution in [-0.4, -0.2) is 28.3 Å². The molecule has 6 nitrogen and oxygen atoms in total. The second-order valence-corrected chi connectivity index (χ2v) is 8.92. The highest BCUT2D eigenvalue weighted by Gasteiger charge is 2.36. The molecule has 174 valence electrons. The predicted octanol–water partition coefficient (Wildman–Crippen LogP) is 5.70. The van der Waals surface area contributed by atoms with Crippen LogP contribution in [0, 0.1) is 0 Å². The Morgan fingerprint density at radius 2 is 1.97 bits per heavy atom. The molecule has 1 aliphatic heterocycles. The molecular weight excluding hydrogens is 462 g/mol. The van der Waals surface area contributed by atoms with Gasteiger partial charge in [-0.1, -0.05) is 29.8 Å². The molecule has 2 aliphatic rings. The summed E-state index contributed by atoms with van der Waals surface area (Å²) in [6.07, 6.45) is 1.03. The maximum absolute atomic E-state index is 13.5. The van der Waals surface area contributed by atoms with Crippen molar-refractivity contribution in [1.82, 2.24) is 9.97 Å². The number of aromatic nitrogens is 2. The van der Waals surface area contributed by atoms with E-state index in [1.165, 1.54) is 29.2 Å². The summed E-state index contributed by atoms with van der Waals surface area (Å²) in [4.78, 5) is 36.9. The van der Waals surface area contributed by atoms with E-state index in [9.17, 15) is 18.4 Å². The summed E-state index contributed by atoms with van der Waals surface area (Å²) in [7, 11) is 0. The summed E-state index contributed by atoms with van der Waals surface area (Å²) in [5, 5.41) is 2.95. The lowest BCUT2D eigenvalue weighted by Crippen LogP contribution is -2.40. The Balaban J connectivity index is 1.52. The quantitative estimate of drug-likeness (QED) is 0.473. The number of nitrogens with zero attached hydrogens (tertiary/aromatic N) is 3. The second-order valence-electron chi connectivity index (χ2n) is 8.56. The standard InChI is InChI=1S/C25H21ClF2N4O2/c1-13-22-17(3-2-10-29-22)21-19(11-18(14-4-5-14)31-23(21)26)32(25(13)34)12-20(33)30-16-8-6-15(7-9-16)24(27)28/h2-3,6-11,13-14,24H,4-5,12H2,1H3,(H,30,33). The summed E-state index contributed by atoms with van der Waals surface area (Å²) in [6, 6.07) is 10.8. The molecule has 34 heavy (non-hydrogen) atoms. The first-order valence-electron chi connectivity index (χ1n) is 11.0. The Labute approximate surface area is 200 Å². The topological polar surface area (TPSA) is 75.2 Å². The predicted molar refractivity (Wildman–Crippen MR) is 125 cm³/mol. The van der Waals surface area contributed by atoms with Crippen molar-refractivity contribution in [3.63, 3.8) is 0 Å². The number of pyridine rings is 2. The van der Waals surface area contributed by atoms with E-state index in [1.54, 1.807) is 19.2 Å². The first-order chi connectivity index (χ1) is 16.3. The summed E-state index contributed by atoms with van der Waals surface area (Å²) < 4.78 is 25.6. The minimum absolute atomic E-state index is 0.136. The molecule has 0 saturated heterocycles. The van der Waals surface area contributed by atoms with Crippen molar-refractivity contribution in [3.05, 3.63) is 70.8 Å². The SMILES string of the molecule is CC1C(=O)N(CC(=O)Nc2ccc(C(F)F)cc2)c2cc(C3CC3)nc(Cl)c2-c2cccnc21. The fraction of sp³-hybridized carbons (Fsp3) is 0.280. The molecule has 1 aromatic carbocycles. The molecule has 1 aliphatic carbocycles. The molecule has 2 amide bonds. The van der Waals surface area contributed by atoms with Crippen molar-refractivity contribution < 1.29 is 18.4 Å². The van der Waals surface area contributed by atoms with Crippen LogP contribution in [-0.2, 0) is 9.59 Å². The smallest absolute Gasteiger partial charge is 0.263 e. The summed E-state index contributed by atoms with van der Waals surface area (Å²) in [6.45, 7) is 1.47. The van der Waals surface area contributed by atoms with Crippen LogP contribution in [0.1, 0.15) is 55.0 Å². The molecule has 0 bridgehead atoms. The Bertz CT molecular complexity index is 1280. The average Bonchev–Trinajstić information content (AvgIpc) is 3.67. The van der Waals surface area contributed by atoms with E-state index in [0.717, 1.165) is 18.5 Å². The number of hydrogen-bond donors (Lipinski definition) is 1. The van der Waals surface area contributed by atoms with Crippen molar-refractivity contribution in [2.75, 3.05) is 16.8 Å². The number of anilines is 2. The van der Waals surface area contributed by atoms with Crippen LogP contribution < -0.4 is 10.2 Å². The number of nitrogens with one attached hydrogen (secondary N) is 1. The van der Waals surface area contributed by atoms with Gasteiger partial charge in [0, 0.05) is 40.2 Å². The van der Waals surface area contributed by atoms with Gasteiger partial charge in [0.15, 0.2) is 0 Å². The van der Waals surface area contributed by atoms with Gasteiger partial charge in [-0.25, -0.2) is 13.8 Å². The van der Waals surface area contributed by atoms with Crippen LogP contribution in [0.3, 0.4) is 0 Å². The minimum Gasteiger partial charge on any atom is -0.325 e. The van der Waals surface area contributed by atoms with Crippen LogP contribution in [0.15, 0.2) is 48.7 Å². The van der Waals surface area contributed by atoms with Gasteiger partial charge < -0.3 is 10.2 Å². The summed E-state index contributed by atoms with van der Waals surface area (Å²) in [5.74, 6) is -1.07. The maximum Gasteiger partial charge on any atom is 0.263 e. The minimum atomic E-state index is -2.59. The first-order valence-corrected chi connectivity index (χ1v) is 11.4. The van der Waals surface area contributed by atoms with Crippen LogP contribution in [0.4, 0.5) is 20.2 Å². The van der Waals surface area contributed by atoms with E-state index in [4.69, 9.17) is 11.6 Å². The monoisotopic (exact) mass is 482 g/mol. The third-order valence-electron chi connectivity index (χ3n) is 6.16. The van der Waals surface area contributed by atoms with E-state index < -0.39 is 18.3 Å². The number of fused-ring (bicyclic) bond motifs is 3. The molecule has 1 N–H and O–H groups in total. The molecular formula is C25H21ClF2N4O2. The van der Waals surface area contributed by atoms with E-state index in [2.05, 4.69) is 15.3 Å². The zero-order valence-electron chi connectivity index (χ0n) is 18.3. The van der Waals surface area contributed by atoms with Gasteiger partial charge >= 0.3 is 0 Å².